The van der Waals surface area contributed by atoms with E-state index in [0.717, 1.165) is 41.8 Å². The average molecular weight is 462 g/mol. The summed E-state index contributed by atoms with van der Waals surface area (Å²) in [5.74, 6) is -0.356. The van der Waals surface area contributed by atoms with Crippen LogP contribution in [0.15, 0.2) is 47.6 Å². The number of likely N-dealkylation sites (tertiary alicyclic amines) is 1. The molecule has 2 atom stereocenters. The molecule has 1 saturated heterocycles. The second kappa shape index (κ2) is 10.5. The van der Waals surface area contributed by atoms with E-state index in [1.807, 2.05) is 6.92 Å². The molecular weight excluding hydrogens is 426 g/mol. The molecule has 0 N–H and O–H groups in total. The molecule has 2 unspecified atom stereocenters. The fourth-order valence-corrected chi connectivity index (χ4v) is 4.91. The van der Waals surface area contributed by atoms with Crippen molar-refractivity contribution in [2.75, 3.05) is 26.2 Å². The van der Waals surface area contributed by atoms with Crippen LogP contribution in [0.1, 0.15) is 60.0 Å². The van der Waals surface area contributed by atoms with Crippen molar-refractivity contribution in [3.05, 3.63) is 70.3 Å². The Morgan fingerprint density at radius 3 is 2.53 bits per heavy atom. The number of hydrogen-bond donors (Lipinski definition) is 0. The van der Waals surface area contributed by atoms with Gasteiger partial charge in [0.05, 0.1) is 30.8 Å². The van der Waals surface area contributed by atoms with Crippen molar-refractivity contribution in [2.45, 2.75) is 53.0 Å². The van der Waals surface area contributed by atoms with Crippen molar-refractivity contribution < 1.29 is 14.3 Å². The fraction of sp³-hybridized carbons (Fsp3) is 0.464. The van der Waals surface area contributed by atoms with Gasteiger partial charge in [-0.2, -0.15) is 5.10 Å². The summed E-state index contributed by atoms with van der Waals surface area (Å²) in [5, 5.41) is 6.55. The molecule has 6 heteroatoms. The molecule has 2 aliphatic rings. The Morgan fingerprint density at radius 2 is 1.79 bits per heavy atom. The SMILES string of the molecule is CCOC(=O)C1CCCN(CC(=O)N2N=C(c3cc(C)ccc3C)CC2c2ccc(C)cc2)C1. The Labute approximate surface area is 202 Å². The van der Waals surface area contributed by atoms with Gasteiger partial charge in [-0.3, -0.25) is 14.5 Å². The maximum atomic E-state index is 13.6. The first-order chi connectivity index (χ1) is 16.4. The zero-order valence-electron chi connectivity index (χ0n) is 20.7. The molecule has 0 aromatic heterocycles. The van der Waals surface area contributed by atoms with Crippen molar-refractivity contribution in [3.8, 4) is 0 Å². The predicted octanol–water partition coefficient (Wildman–Crippen LogP) is 4.56. The number of carbonyl (C=O) groups is 2. The van der Waals surface area contributed by atoms with Gasteiger partial charge < -0.3 is 4.74 Å². The van der Waals surface area contributed by atoms with Gasteiger partial charge in [0, 0.05) is 18.5 Å². The van der Waals surface area contributed by atoms with Crippen molar-refractivity contribution in [3.63, 3.8) is 0 Å². The number of nitrogens with zero attached hydrogens (tertiary/aromatic N) is 3. The van der Waals surface area contributed by atoms with Gasteiger partial charge in [0.15, 0.2) is 0 Å². The van der Waals surface area contributed by atoms with Crippen LogP contribution in [0.2, 0.25) is 0 Å². The first-order valence-corrected chi connectivity index (χ1v) is 12.3. The smallest absolute Gasteiger partial charge is 0.310 e. The molecule has 0 radical (unpaired) electrons. The van der Waals surface area contributed by atoms with Gasteiger partial charge in [0.1, 0.15) is 0 Å². The standard InChI is InChI=1S/C28H35N3O3/c1-5-34-28(33)23-7-6-14-30(17-23)18-27(32)31-26(22-12-9-19(2)10-13-22)16-25(29-31)24-15-20(3)8-11-21(24)4/h8-13,15,23,26H,5-7,14,16-18H2,1-4H3. The summed E-state index contributed by atoms with van der Waals surface area (Å²) in [6, 6.07) is 14.6. The minimum absolute atomic E-state index is 0.0320. The van der Waals surface area contributed by atoms with E-state index in [1.165, 1.54) is 11.1 Å². The van der Waals surface area contributed by atoms with Gasteiger partial charge in [0.25, 0.3) is 5.91 Å². The highest BCUT2D eigenvalue weighted by Crippen LogP contribution is 2.34. The van der Waals surface area contributed by atoms with Crippen LogP contribution in [0.4, 0.5) is 0 Å². The number of rotatable bonds is 6. The minimum atomic E-state index is -0.165. The third-order valence-corrected chi connectivity index (χ3v) is 6.82. The van der Waals surface area contributed by atoms with Crippen molar-refractivity contribution in [2.24, 2.45) is 11.0 Å². The first kappa shape index (κ1) is 24.1. The Kier molecular flexibility index (Phi) is 7.47. The first-order valence-electron chi connectivity index (χ1n) is 12.3. The van der Waals surface area contributed by atoms with Crippen LogP contribution in [-0.4, -0.2) is 53.7 Å². The van der Waals surface area contributed by atoms with E-state index in [0.29, 0.717) is 19.6 Å². The number of amides is 1. The van der Waals surface area contributed by atoms with Gasteiger partial charge in [0.2, 0.25) is 0 Å². The molecule has 4 rings (SSSR count). The highest BCUT2D eigenvalue weighted by Gasteiger charge is 2.35. The topological polar surface area (TPSA) is 62.2 Å². The molecule has 180 valence electrons. The molecular formula is C28H35N3O3. The number of carbonyl (C=O) groups excluding carboxylic acids is 2. The average Bonchev–Trinajstić information content (AvgIpc) is 3.27. The van der Waals surface area contributed by atoms with E-state index in [9.17, 15) is 9.59 Å². The number of esters is 1. The largest absolute Gasteiger partial charge is 0.466 e. The van der Waals surface area contributed by atoms with Crippen molar-refractivity contribution >= 4 is 17.6 Å². The molecule has 1 amide bonds. The second-order valence-electron chi connectivity index (χ2n) is 9.56. The van der Waals surface area contributed by atoms with E-state index in [2.05, 4.69) is 68.1 Å². The fourth-order valence-electron chi connectivity index (χ4n) is 4.91. The van der Waals surface area contributed by atoms with Crippen LogP contribution in [0.3, 0.4) is 0 Å². The maximum absolute atomic E-state index is 13.6. The number of aryl methyl sites for hydroxylation is 3. The van der Waals surface area contributed by atoms with Gasteiger partial charge in [-0.05, 0) is 64.3 Å². The lowest BCUT2D eigenvalue weighted by atomic mass is 9.94. The second-order valence-corrected chi connectivity index (χ2v) is 9.56. The molecule has 2 aromatic rings. The molecule has 2 aromatic carbocycles. The third kappa shape index (κ3) is 5.39. The van der Waals surface area contributed by atoms with E-state index in [1.54, 1.807) is 5.01 Å². The molecule has 0 bridgehead atoms. The Morgan fingerprint density at radius 1 is 1.06 bits per heavy atom. The molecule has 1 fully saturated rings. The van der Waals surface area contributed by atoms with E-state index >= 15 is 0 Å². The summed E-state index contributed by atoms with van der Waals surface area (Å²) in [6.45, 7) is 10.1. The molecule has 34 heavy (non-hydrogen) atoms. The number of benzene rings is 2. The van der Waals surface area contributed by atoms with Crippen LogP contribution in [0.25, 0.3) is 0 Å². The zero-order valence-corrected chi connectivity index (χ0v) is 20.7. The summed E-state index contributed by atoms with van der Waals surface area (Å²) >= 11 is 0. The molecule has 2 heterocycles. The van der Waals surface area contributed by atoms with Crippen molar-refractivity contribution in [1.29, 1.82) is 0 Å². The monoisotopic (exact) mass is 461 g/mol. The Bertz CT molecular complexity index is 1080. The lowest BCUT2D eigenvalue weighted by molar-refractivity contribution is -0.150. The quantitative estimate of drug-likeness (QED) is 0.592. The van der Waals surface area contributed by atoms with E-state index < -0.39 is 0 Å². The number of hydrogen-bond acceptors (Lipinski definition) is 5. The van der Waals surface area contributed by atoms with Crippen LogP contribution < -0.4 is 0 Å². The van der Waals surface area contributed by atoms with Gasteiger partial charge in [-0.1, -0.05) is 47.5 Å². The molecule has 0 saturated carbocycles. The molecule has 6 nitrogen and oxygen atoms in total. The number of hydrazone groups is 1. The summed E-state index contributed by atoms with van der Waals surface area (Å²) < 4.78 is 5.22. The lowest BCUT2D eigenvalue weighted by Gasteiger charge is -2.32. The summed E-state index contributed by atoms with van der Waals surface area (Å²) in [7, 11) is 0. The Balaban J connectivity index is 1.57. The number of ether oxygens (including phenoxy) is 1. The minimum Gasteiger partial charge on any atom is -0.466 e. The van der Waals surface area contributed by atoms with E-state index in [4.69, 9.17) is 9.84 Å². The third-order valence-electron chi connectivity index (χ3n) is 6.82. The highest BCUT2D eigenvalue weighted by atomic mass is 16.5. The molecule has 0 spiro atoms. The van der Waals surface area contributed by atoms with Gasteiger partial charge in [-0.15, -0.1) is 0 Å². The normalized spacial score (nSPS) is 20.8. The predicted molar refractivity (Wildman–Crippen MR) is 134 cm³/mol. The van der Waals surface area contributed by atoms with E-state index in [-0.39, 0.29) is 30.4 Å². The summed E-state index contributed by atoms with van der Waals surface area (Å²) in [4.78, 5) is 27.9. The zero-order chi connectivity index (χ0) is 24.2. The molecule has 2 aliphatic heterocycles. The Hall–Kier alpha value is -2.99. The van der Waals surface area contributed by atoms with Crippen LogP contribution >= 0.6 is 0 Å². The summed E-state index contributed by atoms with van der Waals surface area (Å²) in [6.07, 6.45) is 2.38. The maximum Gasteiger partial charge on any atom is 0.310 e. The van der Waals surface area contributed by atoms with Crippen LogP contribution in [-0.2, 0) is 14.3 Å². The van der Waals surface area contributed by atoms with Crippen LogP contribution in [0.5, 0.6) is 0 Å². The van der Waals surface area contributed by atoms with Crippen LogP contribution in [0, 0.1) is 26.7 Å². The lowest BCUT2D eigenvalue weighted by Crippen LogP contribution is -2.44. The van der Waals surface area contributed by atoms with Gasteiger partial charge in [-0.25, -0.2) is 5.01 Å². The summed E-state index contributed by atoms with van der Waals surface area (Å²) in [5.41, 5.74) is 6.67. The number of piperidine rings is 1. The van der Waals surface area contributed by atoms with Gasteiger partial charge >= 0.3 is 5.97 Å². The molecule has 0 aliphatic carbocycles. The van der Waals surface area contributed by atoms with Crippen molar-refractivity contribution in [1.82, 2.24) is 9.91 Å². The highest BCUT2D eigenvalue weighted by molar-refractivity contribution is 6.04.